The van der Waals surface area contributed by atoms with Crippen molar-refractivity contribution in [2.75, 3.05) is 10.6 Å². The number of hydrogen-bond acceptors (Lipinski definition) is 5. The molecule has 0 amide bonds. The fraction of sp³-hybridized carbons (Fsp3) is 0.105. The first kappa shape index (κ1) is 16.9. The van der Waals surface area contributed by atoms with Gasteiger partial charge in [0, 0.05) is 16.2 Å². The van der Waals surface area contributed by atoms with E-state index >= 15 is 0 Å². The first-order chi connectivity index (χ1) is 12.0. The minimum Gasteiger partial charge on any atom is -0.340 e. The Morgan fingerprint density at radius 2 is 1.72 bits per heavy atom. The largest absolute Gasteiger partial charge is 0.340 e. The molecule has 0 atom stereocenters. The molecule has 0 fully saturated rings. The summed E-state index contributed by atoms with van der Waals surface area (Å²) in [5.74, 6) is 2.00. The first-order valence-corrected chi connectivity index (χ1v) is 8.49. The van der Waals surface area contributed by atoms with Crippen molar-refractivity contribution in [3.05, 3.63) is 70.0 Å². The van der Waals surface area contributed by atoms with Gasteiger partial charge in [-0.15, -0.1) is 0 Å². The van der Waals surface area contributed by atoms with Crippen LogP contribution in [-0.2, 0) is 0 Å². The van der Waals surface area contributed by atoms with Gasteiger partial charge in [-0.05, 0) is 65.7 Å². The summed E-state index contributed by atoms with van der Waals surface area (Å²) in [7, 11) is 0. The molecule has 6 heteroatoms. The third kappa shape index (κ3) is 4.34. The number of nitrogens with one attached hydrogen (secondary N) is 2. The minimum absolute atomic E-state index is 0.595. The highest BCUT2D eigenvalue weighted by molar-refractivity contribution is 9.10. The van der Waals surface area contributed by atoms with Crippen molar-refractivity contribution >= 4 is 38.9 Å². The lowest BCUT2D eigenvalue weighted by atomic mass is 10.2. The van der Waals surface area contributed by atoms with E-state index < -0.39 is 0 Å². The molecule has 3 rings (SSSR count). The number of nitriles is 1. The molecule has 0 aliphatic rings. The second kappa shape index (κ2) is 7.32. The van der Waals surface area contributed by atoms with Crippen LogP contribution in [0.1, 0.15) is 17.0 Å². The van der Waals surface area contributed by atoms with Crippen molar-refractivity contribution in [2.24, 2.45) is 0 Å². The molecule has 0 bridgehead atoms. The van der Waals surface area contributed by atoms with Gasteiger partial charge in [0.2, 0.25) is 0 Å². The number of rotatable bonds is 4. The Bertz CT molecular complexity index is 962. The fourth-order valence-corrected chi connectivity index (χ4v) is 2.96. The summed E-state index contributed by atoms with van der Waals surface area (Å²) < 4.78 is 0.972. The highest BCUT2D eigenvalue weighted by Crippen LogP contribution is 2.27. The number of aryl methyl sites for hydroxylation is 2. The Kier molecular flexibility index (Phi) is 4.96. The summed E-state index contributed by atoms with van der Waals surface area (Å²) in [6.45, 7) is 3.88. The molecule has 5 nitrogen and oxygen atoms in total. The third-order valence-corrected chi connectivity index (χ3v) is 4.15. The molecule has 0 aliphatic heterocycles. The van der Waals surface area contributed by atoms with Gasteiger partial charge < -0.3 is 10.6 Å². The van der Waals surface area contributed by atoms with Gasteiger partial charge in [0.15, 0.2) is 0 Å². The number of anilines is 4. The third-order valence-electron chi connectivity index (χ3n) is 3.49. The van der Waals surface area contributed by atoms with Gasteiger partial charge in [-0.2, -0.15) is 5.26 Å². The molecule has 25 heavy (non-hydrogen) atoms. The standard InChI is InChI=1S/C19H16BrN5/c1-12-6-7-17(16(20)8-12)25-19-10-18(22-13(2)23-19)24-15-5-3-4-14(9-15)11-21/h3-10H,1-2H3,(H2,22,23,24,25). The van der Waals surface area contributed by atoms with Gasteiger partial charge in [0.25, 0.3) is 0 Å². The molecule has 124 valence electrons. The Morgan fingerprint density at radius 1 is 0.960 bits per heavy atom. The smallest absolute Gasteiger partial charge is 0.136 e. The van der Waals surface area contributed by atoms with Crippen LogP contribution in [0.2, 0.25) is 0 Å². The van der Waals surface area contributed by atoms with Crippen molar-refractivity contribution in [3.8, 4) is 6.07 Å². The van der Waals surface area contributed by atoms with Crippen molar-refractivity contribution in [3.63, 3.8) is 0 Å². The van der Waals surface area contributed by atoms with Gasteiger partial charge in [-0.1, -0.05) is 12.1 Å². The van der Waals surface area contributed by atoms with Crippen LogP contribution in [-0.4, -0.2) is 9.97 Å². The predicted octanol–water partition coefficient (Wildman–Crippen LogP) is 5.21. The summed E-state index contributed by atoms with van der Waals surface area (Å²) in [5.41, 5.74) is 3.51. The SMILES string of the molecule is Cc1ccc(Nc2cc(Nc3cccc(C#N)c3)nc(C)n2)c(Br)c1. The fourth-order valence-electron chi connectivity index (χ4n) is 2.37. The lowest BCUT2D eigenvalue weighted by molar-refractivity contribution is 1.06. The minimum atomic E-state index is 0.595. The zero-order valence-electron chi connectivity index (χ0n) is 13.8. The molecule has 0 saturated heterocycles. The average molecular weight is 394 g/mol. The number of benzene rings is 2. The number of nitrogens with zero attached hydrogens (tertiary/aromatic N) is 3. The second-order valence-corrected chi connectivity index (χ2v) is 6.47. The molecule has 0 unspecified atom stereocenters. The maximum atomic E-state index is 9.01. The number of hydrogen-bond donors (Lipinski definition) is 2. The molecular weight excluding hydrogens is 378 g/mol. The van der Waals surface area contributed by atoms with Gasteiger partial charge in [-0.25, -0.2) is 9.97 Å². The zero-order chi connectivity index (χ0) is 17.8. The molecule has 3 aromatic rings. The van der Waals surface area contributed by atoms with E-state index in [-0.39, 0.29) is 0 Å². The summed E-state index contributed by atoms with van der Waals surface area (Å²) in [6, 6.07) is 17.3. The maximum Gasteiger partial charge on any atom is 0.136 e. The highest BCUT2D eigenvalue weighted by atomic mass is 79.9. The summed E-state index contributed by atoms with van der Waals surface area (Å²) in [5, 5.41) is 15.5. The molecular formula is C19H16BrN5. The van der Waals surface area contributed by atoms with Crippen molar-refractivity contribution in [1.82, 2.24) is 9.97 Å². The van der Waals surface area contributed by atoms with Crippen LogP contribution in [0.4, 0.5) is 23.0 Å². The first-order valence-electron chi connectivity index (χ1n) is 7.69. The monoisotopic (exact) mass is 393 g/mol. The van der Waals surface area contributed by atoms with E-state index in [1.165, 1.54) is 5.56 Å². The van der Waals surface area contributed by atoms with Crippen LogP contribution in [0.25, 0.3) is 0 Å². The van der Waals surface area contributed by atoms with E-state index in [4.69, 9.17) is 5.26 Å². The predicted molar refractivity (Wildman–Crippen MR) is 103 cm³/mol. The van der Waals surface area contributed by atoms with E-state index in [1.807, 2.05) is 50.2 Å². The Labute approximate surface area is 154 Å². The molecule has 0 saturated carbocycles. The van der Waals surface area contributed by atoms with E-state index in [2.05, 4.69) is 42.6 Å². The normalized spacial score (nSPS) is 10.2. The molecule has 2 aromatic carbocycles. The summed E-state index contributed by atoms with van der Waals surface area (Å²) in [6.07, 6.45) is 0. The Balaban J connectivity index is 1.86. The quantitative estimate of drug-likeness (QED) is 0.635. The van der Waals surface area contributed by atoms with Gasteiger partial charge >= 0.3 is 0 Å². The molecule has 0 aliphatic carbocycles. The van der Waals surface area contributed by atoms with E-state index in [0.29, 0.717) is 23.0 Å². The van der Waals surface area contributed by atoms with Crippen LogP contribution in [0.3, 0.4) is 0 Å². The molecule has 1 aromatic heterocycles. The van der Waals surface area contributed by atoms with E-state index in [0.717, 1.165) is 15.8 Å². The van der Waals surface area contributed by atoms with Gasteiger partial charge in [0.1, 0.15) is 17.5 Å². The number of aromatic nitrogens is 2. The van der Waals surface area contributed by atoms with Crippen LogP contribution >= 0.6 is 15.9 Å². The molecule has 2 N–H and O–H groups in total. The van der Waals surface area contributed by atoms with Gasteiger partial charge in [0.05, 0.1) is 17.3 Å². The average Bonchev–Trinajstić information content (AvgIpc) is 2.57. The van der Waals surface area contributed by atoms with E-state index in [9.17, 15) is 0 Å². The van der Waals surface area contributed by atoms with Crippen LogP contribution in [0, 0.1) is 25.2 Å². The van der Waals surface area contributed by atoms with Crippen LogP contribution < -0.4 is 10.6 Å². The van der Waals surface area contributed by atoms with Crippen LogP contribution in [0.15, 0.2) is 53.0 Å². The van der Waals surface area contributed by atoms with Crippen LogP contribution in [0.5, 0.6) is 0 Å². The topological polar surface area (TPSA) is 73.6 Å². The lowest BCUT2D eigenvalue weighted by Crippen LogP contribution is -2.02. The maximum absolute atomic E-state index is 9.01. The Morgan fingerprint density at radius 3 is 2.44 bits per heavy atom. The highest BCUT2D eigenvalue weighted by Gasteiger charge is 2.06. The molecule has 0 spiro atoms. The van der Waals surface area contributed by atoms with Gasteiger partial charge in [-0.3, -0.25) is 0 Å². The number of halogens is 1. The summed E-state index contributed by atoms with van der Waals surface area (Å²) in [4.78, 5) is 8.84. The van der Waals surface area contributed by atoms with Crippen molar-refractivity contribution in [1.29, 1.82) is 5.26 Å². The van der Waals surface area contributed by atoms with Crippen molar-refractivity contribution in [2.45, 2.75) is 13.8 Å². The van der Waals surface area contributed by atoms with E-state index in [1.54, 1.807) is 12.1 Å². The lowest BCUT2D eigenvalue weighted by Gasteiger charge is -2.12. The Hall–Kier alpha value is -2.91. The summed E-state index contributed by atoms with van der Waals surface area (Å²) >= 11 is 3.56. The zero-order valence-corrected chi connectivity index (χ0v) is 15.4. The van der Waals surface area contributed by atoms with Crippen molar-refractivity contribution < 1.29 is 0 Å². The molecule has 1 heterocycles. The molecule has 0 radical (unpaired) electrons. The second-order valence-electron chi connectivity index (χ2n) is 5.61.